The Balaban J connectivity index is 1.76. The van der Waals surface area contributed by atoms with Crippen molar-refractivity contribution in [2.75, 3.05) is 18.0 Å². The maximum absolute atomic E-state index is 6.17. The lowest BCUT2D eigenvalue weighted by Crippen LogP contribution is -2.39. The maximum Gasteiger partial charge on any atom is 0.0426 e. The number of hydrogen-bond donors (Lipinski definition) is 0. The highest BCUT2D eigenvalue weighted by atomic mass is 79.9. The number of halogens is 2. The van der Waals surface area contributed by atoms with Crippen molar-refractivity contribution in [2.45, 2.75) is 43.9 Å². The van der Waals surface area contributed by atoms with E-state index in [0.717, 1.165) is 10.4 Å². The summed E-state index contributed by atoms with van der Waals surface area (Å²) in [6.07, 6.45) is 8.54. The Morgan fingerprint density at radius 3 is 2.42 bits per heavy atom. The Bertz CT molecular complexity index is 444. The average molecular weight is 343 g/mol. The van der Waals surface area contributed by atoms with E-state index in [0.29, 0.717) is 5.41 Å². The van der Waals surface area contributed by atoms with E-state index in [9.17, 15) is 0 Å². The molecule has 0 aromatic heterocycles. The summed E-state index contributed by atoms with van der Waals surface area (Å²) in [7, 11) is 0. The molecule has 0 amide bonds. The van der Waals surface area contributed by atoms with Gasteiger partial charge in [0, 0.05) is 29.1 Å². The van der Waals surface area contributed by atoms with E-state index in [2.05, 4.69) is 33.0 Å². The van der Waals surface area contributed by atoms with Gasteiger partial charge >= 0.3 is 0 Å². The number of anilines is 1. The fourth-order valence-corrected chi connectivity index (χ4v) is 4.43. The SMILES string of the molecule is Clc1ccc(CBr)c(N2CCC3(CCCC3)CC2)c1. The molecule has 1 nitrogen and oxygen atoms in total. The quantitative estimate of drug-likeness (QED) is 0.651. The molecular formula is C16H21BrClN. The molecule has 3 heteroatoms. The van der Waals surface area contributed by atoms with Crippen molar-refractivity contribution >= 4 is 33.2 Å². The molecule has 104 valence electrons. The molecule has 2 aliphatic rings. The Morgan fingerprint density at radius 2 is 1.79 bits per heavy atom. The number of nitrogens with zero attached hydrogens (tertiary/aromatic N) is 1. The molecule has 1 saturated heterocycles. The van der Waals surface area contributed by atoms with E-state index >= 15 is 0 Å². The van der Waals surface area contributed by atoms with Gasteiger partial charge in [-0.25, -0.2) is 0 Å². The van der Waals surface area contributed by atoms with Gasteiger partial charge in [-0.3, -0.25) is 0 Å². The van der Waals surface area contributed by atoms with Gasteiger partial charge in [-0.05, 0) is 48.8 Å². The molecule has 0 radical (unpaired) electrons. The molecule has 0 unspecified atom stereocenters. The van der Waals surface area contributed by atoms with Crippen molar-refractivity contribution < 1.29 is 0 Å². The number of alkyl halides is 1. The normalized spacial score (nSPS) is 22.1. The maximum atomic E-state index is 6.17. The van der Waals surface area contributed by atoms with Crippen molar-refractivity contribution in [3.8, 4) is 0 Å². The van der Waals surface area contributed by atoms with Gasteiger partial charge in [0.2, 0.25) is 0 Å². The molecule has 0 N–H and O–H groups in total. The molecule has 1 aromatic carbocycles. The molecule has 2 fully saturated rings. The molecule has 1 aliphatic heterocycles. The molecular weight excluding hydrogens is 322 g/mol. The van der Waals surface area contributed by atoms with Crippen LogP contribution in [0, 0.1) is 5.41 Å². The average Bonchev–Trinajstić information content (AvgIpc) is 2.88. The molecule has 1 aliphatic carbocycles. The van der Waals surface area contributed by atoms with Crippen LogP contribution < -0.4 is 4.90 Å². The van der Waals surface area contributed by atoms with Crippen LogP contribution in [0.3, 0.4) is 0 Å². The largest absolute Gasteiger partial charge is 0.371 e. The first-order valence-electron chi connectivity index (χ1n) is 7.32. The fourth-order valence-electron chi connectivity index (χ4n) is 3.79. The number of piperidine rings is 1. The molecule has 3 rings (SSSR count). The second-order valence-corrected chi connectivity index (χ2v) is 7.10. The molecule has 0 bridgehead atoms. The van der Waals surface area contributed by atoms with E-state index in [-0.39, 0.29) is 0 Å². The molecule has 0 atom stereocenters. The van der Waals surface area contributed by atoms with Crippen LogP contribution in [0.4, 0.5) is 5.69 Å². The van der Waals surface area contributed by atoms with Crippen molar-refractivity contribution in [2.24, 2.45) is 5.41 Å². The third-order valence-electron chi connectivity index (χ3n) is 5.02. The van der Waals surface area contributed by atoms with Crippen LogP contribution in [0.2, 0.25) is 5.02 Å². The van der Waals surface area contributed by atoms with Crippen molar-refractivity contribution in [1.29, 1.82) is 0 Å². The zero-order chi connectivity index (χ0) is 13.3. The lowest BCUT2D eigenvalue weighted by atomic mass is 9.77. The van der Waals surface area contributed by atoms with E-state index in [1.165, 1.54) is 62.9 Å². The molecule has 1 aromatic rings. The minimum atomic E-state index is 0.684. The smallest absolute Gasteiger partial charge is 0.0426 e. The molecule has 1 saturated carbocycles. The van der Waals surface area contributed by atoms with Crippen LogP contribution in [-0.4, -0.2) is 13.1 Å². The number of benzene rings is 1. The minimum Gasteiger partial charge on any atom is -0.371 e. The van der Waals surface area contributed by atoms with E-state index < -0.39 is 0 Å². The summed E-state index contributed by atoms with van der Waals surface area (Å²) in [5.74, 6) is 0. The first-order valence-corrected chi connectivity index (χ1v) is 8.82. The summed E-state index contributed by atoms with van der Waals surface area (Å²) in [4.78, 5) is 2.53. The Kier molecular flexibility index (Phi) is 4.09. The summed E-state index contributed by atoms with van der Waals surface area (Å²) < 4.78 is 0. The first-order chi connectivity index (χ1) is 9.22. The van der Waals surface area contributed by atoms with Crippen LogP contribution in [0.1, 0.15) is 44.1 Å². The fraction of sp³-hybridized carbons (Fsp3) is 0.625. The summed E-state index contributed by atoms with van der Waals surface area (Å²) >= 11 is 9.76. The lowest BCUT2D eigenvalue weighted by molar-refractivity contribution is 0.226. The Labute approximate surface area is 129 Å². The van der Waals surface area contributed by atoms with Crippen LogP contribution in [0.25, 0.3) is 0 Å². The molecule has 19 heavy (non-hydrogen) atoms. The number of rotatable bonds is 2. The van der Waals surface area contributed by atoms with Gasteiger partial charge < -0.3 is 4.90 Å². The molecule has 1 spiro atoms. The van der Waals surface area contributed by atoms with Gasteiger partial charge in [0.25, 0.3) is 0 Å². The highest BCUT2D eigenvalue weighted by Gasteiger charge is 2.37. The topological polar surface area (TPSA) is 3.24 Å². The summed E-state index contributed by atoms with van der Waals surface area (Å²) in [5, 5.41) is 1.75. The zero-order valence-corrected chi connectivity index (χ0v) is 13.6. The second-order valence-electron chi connectivity index (χ2n) is 6.10. The van der Waals surface area contributed by atoms with Gasteiger partial charge in [-0.15, -0.1) is 0 Å². The van der Waals surface area contributed by atoms with Crippen molar-refractivity contribution in [3.63, 3.8) is 0 Å². The monoisotopic (exact) mass is 341 g/mol. The van der Waals surface area contributed by atoms with E-state index in [4.69, 9.17) is 11.6 Å². The zero-order valence-electron chi connectivity index (χ0n) is 11.3. The summed E-state index contributed by atoms with van der Waals surface area (Å²) in [6.45, 7) is 2.39. The van der Waals surface area contributed by atoms with Gasteiger partial charge in [0.15, 0.2) is 0 Å². The Morgan fingerprint density at radius 1 is 1.11 bits per heavy atom. The predicted octanol–water partition coefficient (Wildman–Crippen LogP) is 5.40. The highest BCUT2D eigenvalue weighted by molar-refractivity contribution is 9.08. The standard InChI is InChI=1S/C16H21BrClN/c17-12-13-3-4-14(18)11-15(13)19-9-7-16(8-10-19)5-1-2-6-16/h3-4,11H,1-2,5-10,12H2. The lowest BCUT2D eigenvalue weighted by Gasteiger charge is -2.41. The van der Waals surface area contributed by atoms with Crippen LogP contribution in [0.15, 0.2) is 18.2 Å². The van der Waals surface area contributed by atoms with Crippen LogP contribution in [0.5, 0.6) is 0 Å². The second kappa shape index (κ2) is 5.65. The third kappa shape index (κ3) is 2.80. The van der Waals surface area contributed by atoms with Gasteiger partial charge in [0.05, 0.1) is 0 Å². The molecule has 1 heterocycles. The van der Waals surface area contributed by atoms with Crippen molar-refractivity contribution in [1.82, 2.24) is 0 Å². The van der Waals surface area contributed by atoms with Gasteiger partial charge in [-0.1, -0.05) is 46.4 Å². The third-order valence-corrected chi connectivity index (χ3v) is 5.86. The first kappa shape index (κ1) is 13.8. The van der Waals surface area contributed by atoms with E-state index in [1.54, 1.807) is 0 Å². The summed E-state index contributed by atoms with van der Waals surface area (Å²) in [5.41, 5.74) is 3.37. The predicted molar refractivity (Wildman–Crippen MR) is 86.4 cm³/mol. The van der Waals surface area contributed by atoms with E-state index in [1.807, 2.05) is 6.07 Å². The van der Waals surface area contributed by atoms with Crippen LogP contribution >= 0.6 is 27.5 Å². The van der Waals surface area contributed by atoms with Crippen LogP contribution in [-0.2, 0) is 5.33 Å². The summed E-state index contributed by atoms with van der Waals surface area (Å²) in [6, 6.07) is 6.27. The van der Waals surface area contributed by atoms with Gasteiger partial charge in [-0.2, -0.15) is 0 Å². The Hall–Kier alpha value is -0.210. The van der Waals surface area contributed by atoms with Crippen molar-refractivity contribution in [3.05, 3.63) is 28.8 Å². The number of hydrogen-bond acceptors (Lipinski definition) is 1. The highest BCUT2D eigenvalue weighted by Crippen LogP contribution is 2.47. The van der Waals surface area contributed by atoms with Gasteiger partial charge in [0.1, 0.15) is 0 Å². The minimum absolute atomic E-state index is 0.684.